The number of benzene rings is 3. The molecule has 1 aliphatic rings. The van der Waals surface area contributed by atoms with E-state index in [1.807, 2.05) is 54.3 Å². The summed E-state index contributed by atoms with van der Waals surface area (Å²) in [6, 6.07) is 19.8. The Bertz CT molecular complexity index is 1500. The molecule has 0 saturated carbocycles. The van der Waals surface area contributed by atoms with E-state index in [4.69, 9.17) is 4.74 Å². The molecule has 6 nitrogen and oxygen atoms in total. The van der Waals surface area contributed by atoms with Crippen molar-refractivity contribution in [2.75, 3.05) is 32.8 Å². The molecule has 200 valence electrons. The van der Waals surface area contributed by atoms with Crippen LogP contribution < -0.4 is 4.74 Å². The molecule has 0 aliphatic carbocycles. The Labute approximate surface area is 235 Å². The number of hydrogen-bond donors (Lipinski definition) is 1. The number of ether oxygens (including phenoxy) is 1. The van der Waals surface area contributed by atoms with Crippen LogP contribution in [-0.2, 0) is 16.0 Å². The number of aromatic nitrogens is 1. The summed E-state index contributed by atoms with van der Waals surface area (Å²) in [7, 11) is 0. The maximum atomic E-state index is 13.6. The van der Waals surface area contributed by atoms with Crippen molar-refractivity contribution in [3.63, 3.8) is 0 Å². The summed E-state index contributed by atoms with van der Waals surface area (Å²) in [4.78, 5) is 33.1. The molecule has 2 heterocycles. The van der Waals surface area contributed by atoms with Crippen LogP contribution >= 0.6 is 15.9 Å². The van der Waals surface area contributed by atoms with Gasteiger partial charge < -0.3 is 19.5 Å². The largest absolute Gasteiger partial charge is 0.494 e. The van der Waals surface area contributed by atoms with Gasteiger partial charge in [-0.2, -0.15) is 0 Å². The molecule has 5 rings (SSSR count). The van der Waals surface area contributed by atoms with E-state index in [0.717, 1.165) is 43.5 Å². The van der Waals surface area contributed by atoms with Crippen molar-refractivity contribution in [1.82, 2.24) is 14.8 Å². The minimum absolute atomic E-state index is 0.00346. The minimum atomic E-state index is -0.308. The van der Waals surface area contributed by atoms with Crippen LogP contribution in [0.3, 0.4) is 0 Å². The molecule has 0 radical (unpaired) electrons. The van der Waals surface area contributed by atoms with Gasteiger partial charge in [-0.05, 0) is 84.3 Å². The monoisotopic (exact) mass is 589 g/mol. The van der Waals surface area contributed by atoms with Gasteiger partial charge in [-0.25, -0.2) is 4.39 Å². The lowest BCUT2D eigenvalue weighted by Crippen LogP contribution is -2.50. The van der Waals surface area contributed by atoms with Crippen molar-refractivity contribution in [2.45, 2.75) is 13.3 Å². The number of carbonyl (C=O) groups is 2. The van der Waals surface area contributed by atoms with Crippen molar-refractivity contribution in [3.05, 3.63) is 94.2 Å². The highest BCUT2D eigenvalue weighted by Crippen LogP contribution is 2.33. The van der Waals surface area contributed by atoms with Crippen molar-refractivity contribution < 1.29 is 18.7 Å². The molecule has 0 spiro atoms. The number of H-pyrrole nitrogens is 1. The average molecular weight is 590 g/mol. The molecule has 1 N–H and O–H groups in total. The van der Waals surface area contributed by atoms with Crippen LogP contribution in [0.1, 0.15) is 18.1 Å². The molecule has 2 amide bonds. The lowest BCUT2D eigenvalue weighted by Gasteiger charge is -2.34. The Morgan fingerprint density at radius 2 is 1.67 bits per heavy atom. The van der Waals surface area contributed by atoms with Crippen LogP contribution in [0.25, 0.3) is 28.2 Å². The van der Waals surface area contributed by atoms with Crippen LogP contribution in [0.5, 0.6) is 5.75 Å². The third kappa shape index (κ3) is 6.23. The van der Waals surface area contributed by atoms with E-state index in [1.165, 1.54) is 12.1 Å². The van der Waals surface area contributed by atoms with Gasteiger partial charge in [0.1, 0.15) is 11.6 Å². The van der Waals surface area contributed by atoms with E-state index >= 15 is 0 Å². The molecule has 3 aromatic carbocycles. The second kappa shape index (κ2) is 11.9. The molecule has 8 heteroatoms. The van der Waals surface area contributed by atoms with E-state index in [9.17, 15) is 14.0 Å². The molecule has 1 aliphatic heterocycles. The Morgan fingerprint density at radius 3 is 2.36 bits per heavy atom. The number of nitrogens with one attached hydrogen (secondary N) is 1. The summed E-state index contributed by atoms with van der Waals surface area (Å²) in [5.74, 6) is 0.413. The Balaban J connectivity index is 1.24. The summed E-state index contributed by atoms with van der Waals surface area (Å²) in [5.41, 5.74) is 4.34. The summed E-state index contributed by atoms with van der Waals surface area (Å²) >= 11 is 3.53. The fourth-order valence-corrected chi connectivity index (χ4v) is 5.18. The summed E-state index contributed by atoms with van der Waals surface area (Å²) in [5, 5.41) is 0.949. The van der Waals surface area contributed by atoms with Gasteiger partial charge >= 0.3 is 0 Å². The third-order valence-electron chi connectivity index (χ3n) is 6.88. The van der Waals surface area contributed by atoms with E-state index < -0.39 is 0 Å². The normalized spacial score (nSPS) is 13.8. The highest BCUT2D eigenvalue weighted by atomic mass is 79.9. The predicted octanol–water partition coefficient (Wildman–Crippen LogP) is 6.06. The maximum absolute atomic E-state index is 13.6. The number of nitrogens with zero attached hydrogens (tertiary/aromatic N) is 2. The van der Waals surface area contributed by atoms with E-state index in [-0.39, 0.29) is 24.1 Å². The van der Waals surface area contributed by atoms with Crippen molar-refractivity contribution >= 4 is 44.7 Å². The molecule has 1 aromatic heterocycles. The SMILES string of the molecule is CCOc1ccc(/C=C/C(=O)N2CCN(C(=O)Cc3c(-c4ccc(F)cc4)[nH]c4ccc(Br)cc34)CC2)cc1. The Hall–Kier alpha value is -3.91. The van der Waals surface area contributed by atoms with Crippen LogP contribution in [-0.4, -0.2) is 59.4 Å². The Kier molecular flexibility index (Phi) is 8.12. The zero-order valence-electron chi connectivity index (χ0n) is 21.6. The van der Waals surface area contributed by atoms with Crippen LogP contribution in [0.2, 0.25) is 0 Å². The molecule has 0 bridgehead atoms. The van der Waals surface area contributed by atoms with Gasteiger partial charge in [-0.15, -0.1) is 0 Å². The van der Waals surface area contributed by atoms with Gasteiger partial charge in [0, 0.05) is 47.6 Å². The quantitative estimate of drug-likeness (QED) is 0.266. The topological polar surface area (TPSA) is 65.6 Å². The number of hydrogen-bond acceptors (Lipinski definition) is 3. The minimum Gasteiger partial charge on any atom is -0.494 e. The van der Waals surface area contributed by atoms with Gasteiger partial charge in [-0.3, -0.25) is 9.59 Å². The van der Waals surface area contributed by atoms with E-state index in [1.54, 1.807) is 29.2 Å². The average Bonchev–Trinajstić information content (AvgIpc) is 3.30. The maximum Gasteiger partial charge on any atom is 0.246 e. The van der Waals surface area contributed by atoms with E-state index in [2.05, 4.69) is 20.9 Å². The fourth-order valence-electron chi connectivity index (χ4n) is 4.82. The standard InChI is InChI=1S/C31H29BrFN3O3/c1-2-39-25-11-3-21(4-12-25)5-14-29(37)35-15-17-36(18-16-35)30(38)20-27-26-19-23(32)8-13-28(26)34-31(27)22-6-9-24(33)10-7-22/h3-14,19,34H,2,15-18,20H2,1H3/b14-5+. The molecule has 0 atom stereocenters. The van der Waals surface area contributed by atoms with Gasteiger partial charge in [0.2, 0.25) is 11.8 Å². The highest BCUT2D eigenvalue weighted by Gasteiger charge is 2.25. The first-order valence-electron chi connectivity index (χ1n) is 12.9. The van der Waals surface area contributed by atoms with Gasteiger partial charge in [-0.1, -0.05) is 28.1 Å². The zero-order chi connectivity index (χ0) is 27.4. The molecular weight excluding hydrogens is 561 g/mol. The van der Waals surface area contributed by atoms with Crippen LogP contribution in [0.15, 0.2) is 77.3 Å². The second-order valence-corrected chi connectivity index (χ2v) is 10.3. The predicted molar refractivity (Wildman–Crippen MR) is 155 cm³/mol. The zero-order valence-corrected chi connectivity index (χ0v) is 23.2. The molecule has 39 heavy (non-hydrogen) atoms. The summed E-state index contributed by atoms with van der Waals surface area (Å²) in [6.07, 6.45) is 3.57. The molecule has 1 saturated heterocycles. The third-order valence-corrected chi connectivity index (χ3v) is 7.38. The van der Waals surface area contributed by atoms with Crippen LogP contribution in [0, 0.1) is 5.82 Å². The lowest BCUT2D eigenvalue weighted by molar-refractivity contribution is -0.136. The first-order chi connectivity index (χ1) is 18.9. The fraction of sp³-hybridized carbons (Fsp3) is 0.226. The lowest BCUT2D eigenvalue weighted by atomic mass is 10.0. The van der Waals surface area contributed by atoms with Crippen molar-refractivity contribution in [3.8, 4) is 17.0 Å². The number of rotatable bonds is 7. The number of aromatic amines is 1. The second-order valence-electron chi connectivity index (χ2n) is 9.39. The number of fused-ring (bicyclic) bond motifs is 1. The first-order valence-corrected chi connectivity index (χ1v) is 13.7. The molecule has 4 aromatic rings. The number of halogens is 2. The molecule has 1 fully saturated rings. The van der Waals surface area contributed by atoms with Crippen molar-refractivity contribution in [1.29, 1.82) is 0 Å². The summed E-state index contributed by atoms with van der Waals surface area (Å²) < 4.78 is 19.9. The molecule has 0 unspecified atom stereocenters. The number of piperazine rings is 1. The van der Waals surface area contributed by atoms with Crippen LogP contribution in [0.4, 0.5) is 4.39 Å². The summed E-state index contributed by atoms with van der Waals surface area (Å²) in [6.45, 7) is 4.44. The molecular formula is C31H29BrFN3O3. The Morgan fingerprint density at radius 1 is 0.974 bits per heavy atom. The van der Waals surface area contributed by atoms with Crippen molar-refractivity contribution in [2.24, 2.45) is 0 Å². The smallest absolute Gasteiger partial charge is 0.246 e. The first kappa shape index (κ1) is 26.7. The highest BCUT2D eigenvalue weighted by molar-refractivity contribution is 9.10. The number of amides is 2. The van der Waals surface area contributed by atoms with Gasteiger partial charge in [0.05, 0.1) is 18.7 Å². The van der Waals surface area contributed by atoms with E-state index in [0.29, 0.717) is 32.8 Å². The van der Waals surface area contributed by atoms with Gasteiger partial charge in [0.25, 0.3) is 0 Å². The van der Waals surface area contributed by atoms with Gasteiger partial charge in [0.15, 0.2) is 0 Å². The number of carbonyl (C=O) groups excluding carboxylic acids is 2.